The van der Waals surface area contributed by atoms with E-state index in [-0.39, 0.29) is 18.0 Å². The van der Waals surface area contributed by atoms with E-state index in [2.05, 4.69) is 15.6 Å². The van der Waals surface area contributed by atoms with Gasteiger partial charge in [0.1, 0.15) is 5.15 Å². The average Bonchev–Trinajstić information content (AvgIpc) is 2.94. The number of nitrogens with one attached hydrogen (secondary N) is 2. The van der Waals surface area contributed by atoms with E-state index in [9.17, 15) is 4.79 Å². The molecule has 130 valence electrons. The molecule has 3 heterocycles. The van der Waals surface area contributed by atoms with E-state index in [4.69, 9.17) is 23.2 Å². The van der Waals surface area contributed by atoms with E-state index >= 15 is 0 Å². The van der Waals surface area contributed by atoms with Crippen LogP contribution in [0.15, 0.2) is 36.5 Å². The number of anilines is 1. The zero-order valence-electron chi connectivity index (χ0n) is 13.5. The van der Waals surface area contributed by atoms with Gasteiger partial charge in [0.05, 0.1) is 0 Å². The molecule has 5 nitrogen and oxygen atoms in total. The van der Waals surface area contributed by atoms with Gasteiger partial charge < -0.3 is 10.6 Å². The highest BCUT2D eigenvalue weighted by molar-refractivity contribution is 6.30. The molecular weight excluding hydrogens is 359 g/mol. The van der Waals surface area contributed by atoms with E-state index in [1.165, 1.54) is 0 Å². The maximum Gasteiger partial charge on any atom is 0.322 e. The van der Waals surface area contributed by atoms with E-state index in [1.807, 2.05) is 29.2 Å². The van der Waals surface area contributed by atoms with Gasteiger partial charge in [0, 0.05) is 42.0 Å². The number of carbonyl (C=O) groups is 1. The van der Waals surface area contributed by atoms with Gasteiger partial charge in [0.25, 0.3) is 0 Å². The number of rotatable bonds is 2. The van der Waals surface area contributed by atoms with Gasteiger partial charge in [-0.1, -0.05) is 23.2 Å². The van der Waals surface area contributed by atoms with Gasteiger partial charge in [-0.25, -0.2) is 9.78 Å². The molecule has 2 aromatic rings. The lowest BCUT2D eigenvalue weighted by Gasteiger charge is -2.32. The molecule has 1 fully saturated rings. The Labute approximate surface area is 156 Å². The van der Waals surface area contributed by atoms with Crippen LogP contribution in [-0.4, -0.2) is 30.1 Å². The maximum absolute atomic E-state index is 12.9. The largest absolute Gasteiger partial charge is 0.334 e. The minimum absolute atomic E-state index is 0.0918. The number of piperidine rings is 1. The molecule has 1 saturated heterocycles. The minimum atomic E-state index is -0.0918. The Morgan fingerprint density at radius 1 is 1.32 bits per heavy atom. The van der Waals surface area contributed by atoms with Crippen molar-refractivity contribution in [2.24, 2.45) is 0 Å². The SMILES string of the molecule is O=C(NCc1ccnc(Cl)c1)N1c2ccc(Cl)cc2C2CNCCC21. The molecule has 0 aliphatic carbocycles. The number of benzene rings is 1. The molecule has 0 spiro atoms. The molecule has 2 atom stereocenters. The van der Waals surface area contributed by atoms with E-state index in [0.717, 1.165) is 36.3 Å². The maximum atomic E-state index is 12.9. The van der Waals surface area contributed by atoms with Crippen molar-refractivity contribution in [3.63, 3.8) is 0 Å². The number of pyridine rings is 1. The summed E-state index contributed by atoms with van der Waals surface area (Å²) in [7, 11) is 0. The molecule has 4 rings (SSSR count). The molecular formula is C18H18Cl2N4O. The van der Waals surface area contributed by atoms with Crippen molar-refractivity contribution in [2.75, 3.05) is 18.0 Å². The second-order valence-electron chi connectivity index (χ2n) is 6.39. The van der Waals surface area contributed by atoms with Gasteiger partial charge in [-0.3, -0.25) is 4.90 Å². The first kappa shape index (κ1) is 16.6. The van der Waals surface area contributed by atoms with E-state index in [0.29, 0.717) is 16.7 Å². The molecule has 1 aromatic heterocycles. The van der Waals surface area contributed by atoms with Crippen LogP contribution in [0, 0.1) is 0 Å². The van der Waals surface area contributed by atoms with Crippen LogP contribution in [-0.2, 0) is 6.54 Å². The highest BCUT2D eigenvalue weighted by Crippen LogP contribution is 2.44. The lowest BCUT2D eigenvalue weighted by Crippen LogP contribution is -2.49. The van der Waals surface area contributed by atoms with Crippen LogP contribution in [0.3, 0.4) is 0 Å². The van der Waals surface area contributed by atoms with Crippen LogP contribution in [0.1, 0.15) is 23.5 Å². The standard InChI is InChI=1S/C18H18Cl2N4O/c19-12-1-2-15-13(8-12)14-10-21-5-4-16(14)24(15)18(25)23-9-11-3-6-22-17(20)7-11/h1-3,6-8,14,16,21H,4-5,9-10H2,(H,23,25). The molecule has 0 saturated carbocycles. The number of halogens is 2. The number of carbonyl (C=O) groups excluding carboxylic acids is 1. The van der Waals surface area contributed by atoms with Crippen LogP contribution in [0.2, 0.25) is 10.2 Å². The second-order valence-corrected chi connectivity index (χ2v) is 7.21. The minimum Gasteiger partial charge on any atom is -0.334 e. The summed E-state index contributed by atoms with van der Waals surface area (Å²) in [6.07, 6.45) is 2.56. The predicted octanol–water partition coefficient (Wildman–Crippen LogP) is 3.56. The smallest absolute Gasteiger partial charge is 0.322 e. The van der Waals surface area contributed by atoms with Gasteiger partial charge in [-0.05, 0) is 54.4 Å². The Bertz CT molecular complexity index is 813. The monoisotopic (exact) mass is 376 g/mol. The van der Waals surface area contributed by atoms with Crippen molar-refractivity contribution in [1.29, 1.82) is 0 Å². The number of hydrogen-bond donors (Lipinski definition) is 2. The van der Waals surface area contributed by atoms with E-state index in [1.54, 1.807) is 12.3 Å². The van der Waals surface area contributed by atoms with Crippen molar-refractivity contribution < 1.29 is 4.79 Å². The third kappa shape index (κ3) is 3.19. The first-order valence-electron chi connectivity index (χ1n) is 8.31. The fourth-order valence-electron chi connectivity index (χ4n) is 3.77. The summed E-state index contributed by atoms with van der Waals surface area (Å²) >= 11 is 12.1. The summed E-state index contributed by atoms with van der Waals surface area (Å²) < 4.78 is 0. The molecule has 1 aromatic carbocycles. The number of aromatic nitrogens is 1. The Kier molecular flexibility index (Phi) is 4.54. The molecule has 25 heavy (non-hydrogen) atoms. The lowest BCUT2D eigenvalue weighted by atomic mass is 9.90. The summed E-state index contributed by atoms with van der Waals surface area (Å²) in [5.41, 5.74) is 3.02. The van der Waals surface area contributed by atoms with Crippen molar-refractivity contribution in [2.45, 2.75) is 24.9 Å². The molecule has 2 N–H and O–H groups in total. The van der Waals surface area contributed by atoms with Crippen LogP contribution >= 0.6 is 23.2 Å². The molecule has 7 heteroatoms. The van der Waals surface area contributed by atoms with Gasteiger partial charge in [-0.2, -0.15) is 0 Å². The number of amides is 2. The number of nitrogens with zero attached hydrogens (tertiary/aromatic N) is 2. The van der Waals surface area contributed by atoms with Crippen LogP contribution in [0.5, 0.6) is 0 Å². The fraction of sp³-hybridized carbons (Fsp3) is 0.333. The zero-order valence-corrected chi connectivity index (χ0v) is 15.0. The van der Waals surface area contributed by atoms with Crippen LogP contribution < -0.4 is 15.5 Å². The molecule has 2 unspecified atom stereocenters. The Morgan fingerprint density at radius 3 is 3.04 bits per heavy atom. The number of fused-ring (bicyclic) bond motifs is 3. The highest BCUT2D eigenvalue weighted by atomic mass is 35.5. The molecule has 2 amide bonds. The summed E-state index contributed by atoms with van der Waals surface area (Å²) in [6, 6.07) is 9.44. The molecule has 0 radical (unpaired) electrons. The second kappa shape index (κ2) is 6.83. The number of hydrogen-bond acceptors (Lipinski definition) is 3. The summed E-state index contributed by atoms with van der Waals surface area (Å²) in [6.45, 7) is 2.19. The Morgan fingerprint density at radius 2 is 2.20 bits per heavy atom. The third-order valence-corrected chi connectivity index (χ3v) is 5.32. The van der Waals surface area contributed by atoms with Crippen molar-refractivity contribution in [1.82, 2.24) is 15.6 Å². The predicted molar refractivity (Wildman–Crippen MR) is 99.4 cm³/mol. The first-order valence-corrected chi connectivity index (χ1v) is 9.07. The summed E-state index contributed by atoms with van der Waals surface area (Å²) in [4.78, 5) is 18.8. The van der Waals surface area contributed by atoms with Crippen molar-refractivity contribution in [3.05, 3.63) is 57.8 Å². The topological polar surface area (TPSA) is 57.3 Å². The molecule has 2 aliphatic rings. The van der Waals surface area contributed by atoms with Gasteiger partial charge in [0.15, 0.2) is 0 Å². The molecule has 2 aliphatic heterocycles. The Balaban J connectivity index is 1.57. The summed E-state index contributed by atoms with van der Waals surface area (Å²) in [5.74, 6) is 0.281. The Hall–Kier alpha value is -1.82. The van der Waals surface area contributed by atoms with Gasteiger partial charge >= 0.3 is 6.03 Å². The highest BCUT2D eigenvalue weighted by Gasteiger charge is 2.42. The van der Waals surface area contributed by atoms with Crippen molar-refractivity contribution >= 4 is 34.9 Å². The van der Waals surface area contributed by atoms with Gasteiger partial charge in [-0.15, -0.1) is 0 Å². The zero-order chi connectivity index (χ0) is 17.4. The summed E-state index contributed by atoms with van der Waals surface area (Å²) in [5, 5.41) is 7.55. The lowest BCUT2D eigenvalue weighted by molar-refractivity contribution is 0.241. The van der Waals surface area contributed by atoms with Crippen LogP contribution in [0.4, 0.5) is 10.5 Å². The van der Waals surface area contributed by atoms with Gasteiger partial charge in [0.2, 0.25) is 0 Å². The number of urea groups is 1. The average molecular weight is 377 g/mol. The fourth-order valence-corrected chi connectivity index (χ4v) is 4.14. The first-order chi connectivity index (χ1) is 12.1. The van der Waals surface area contributed by atoms with Crippen molar-refractivity contribution in [3.8, 4) is 0 Å². The quantitative estimate of drug-likeness (QED) is 0.787. The molecule has 0 bridgehead atoms. The third-order valence-electron chi connectivity index (χ3n) is 4.88. The van der Waals surface area contributed by atoms with Crippen LogP contribution in [0.25, 0.3) is 0 Å². The van der Waals surface area contributed by atoms with E-state index < -0.39 is 0 Å². The normalized spacial score (nSPS) is 21.6.